The van der Waals surface area contributed by atoms with Gasteiger partial charge in [0.05, 0.1) is 13.2 Å². The van der Waals surface area contributed by atoms with Gasteiger partial charge in [-0.2, -0.15) is 0 Å². The number of carboxylic acid groups (broad SMARTS) is 1. The van der Waals surface area contributed by atoms with Gasteiger partial charge in [-0.15, -0.1) is 6.42 Å². The van der Waals surface area contributed by atoms with E-state index >= 15 is 0 Å². The van der Waals surface area contributed by atoms with E-state index in [9.17, 15) is 19.8 Å². The molecule has 1 aromatic carbocycles. The molecule has 1 aromatic rings. The summed E-state index contributed by atoms with van der Waals surface area (Å²) in [5, 5.41) is 20.3. The first-order valence-corrected chi connectivity index (χ1v) is 9.36. The minimum Gasteiger partial charge on any atom is -0.493 e. The number of hydrogen-bond acceptors (Lipinski definition) is 5. The van der Waals surface area contributed by atoms with Crippen molar-refractivity contribution < 1.29 is 29.3 Å². The van der Waals surface area contributed by atoms with Crippen LogP contribution < -0.4 is 9.47 Å². The van der Waals surface area contributed by atoms with Crippen molar-refractivity contribution in [1.82, 2.24) is 4.90 Å². The summed E-state index contributed by atoms with van der Waals surface area (Å²) in [5.41, 5.74) is -0.959. The molecule has 0 unspecified atom stereocenters. The number of methoxy groups -OCH3 is 1. The van der Waals surface area contributed by atoms with E-state index in [0.29, 0.717) is 35.9 Å². The van der Waals surface area contributed by atoms with Crippen molar-refractivity contribution in [3.8, 4) is 23.8 Å². The van der Waals surface area contributed by atoms with Crippen LogP contribution in [-0.4, -0.2) is 59.9 Å². The first-order valence-electron chi connectivity index (χ1n) is 9.36. The molecule has 7 nitrogen and oxygen atoms in total. The van der Waals surface area contributed by atoms with Crippen molar-refractivity contribution in [3.63, 3.8) is 0 Å². The molecule has 1 saturated carbocycles. The Labute approximate surface area is 164 Å². The highest BCUT2D eigenvalue weighted by molar-refractivity contribution is 5.95. The summed E-state index contributed by atoms with van der Waals surface area (Å²) in [5.74, 6) is 2.13. The normalized spacial score (nSPS) is 24.3. The Hall–Kier alpha value is -2.72. The molecule has 1 heterocycles. The van der Waals surface area contributed by atoms with E-state index in [1.165, 1.54) is 12.0 Å². The minimum atomic E-state index is -1.32. The molecule has 7 heteroatoms. The number of benzene rings is 1. The van der Waals surface area contributed by atoms with E-state index in [4.69, 9.17) is 15.9 Å². The molecule has 28 heavy (non-hydrogen) atoms. The number of amides is 1. The Kier molecular flexibility index (Phi) is 5.80. The Balaban J connectivity index is 1.83. The Morgan fingerprint density at radius 2 is 2.07 bits per heavy atom. The number of piperidine rings is 1. The zero-order valence-corrected chi connectivity index (χ0v) is 15.9. The van der Waals surface area contributed by atoms with E-state index in [-0.39, 0.29) is 25.5 Å². The summed E-state index contributed by atoms with van der Waals surface area (Å²) < 4.78 is 10.7. The number of carboxylic acids is 1. The number of carbonyl (C=O) groups is 2. The third kappa shape index (κ3) is 3.92. The lowest BCUT2D eigenvalue weighted by molar-refractivity contribution is -0.163. The van der Waals surface area contributed by atoms with E-state index in [2.05, 4.69) is 5.92 Å². The fourth-order valence-electron chi connectivity index (χ4n) is 3.81. The fourth-order valence-corrected chi connectivity index (χ4v) is 3.81. The van der Waals surface area contributed by atoms with Gasteiger partial charge in [0.25, 0.3) is 5.91 Å². The van der Waals surface area contributed by atoms with Crippen LogP contribution in [0.25, 0.3) is 0 Å². The van der Waals surface area contributed by atoms with Crippen molar-refractivity contribution >= 4 is 11.9 Å². The first-order chi connectivity index (χ1) is 13.4. The second-order valence-electron chi connectivity index (χ2n) is 7.50. The fraction of sp³-hybridized carbons (Fsp3) is 0.524. The topological polar surface area (TPSA) is 96.3 Å². The van der Waals surface area contributed by atoms with Crippen LogP contribution in [-0.2, 0) is 4.79 Å². The number of hydrogen-bond donors (Lipinski definition) is 2. The molecule has 2 N–H and O–H groups in total. The summed E-state index contributed by atoms with van der Waals surface area (Å²) in [6, 6.07) is 4.78. The van der Waals surface area contributed by atoms with Crippen molar-refractivity contribution in [1.29, 1.82) is 0 Å². The summed E-state index contributed by atoms with van der Waals surface area (Å²) in [4.78, 5) is 26.6. The second kappa shape index (κ2) is 8.11. The molecule has 2 atom stereocenters. The van der Waals surface area contributed by atoms with Crippen LogP contribution in [0.5, 0.6) is 11.5 Å². The lowest BCUT2D eigenvalue weighted by atomic mass is 9.73. The van der Waals surface area contributed by atoms with Crippen LogP contribution >= 0.6 is 0 Å². The summed E-state index contributed by atoms with van der Waals surface area (Å²) in [6.07, 6.45) is 6.86. The van der Waals surface area contributed by atoms with E-state index in [1.54, 1.807) is 18.2 Å². The SMILES string of the molecule is C#CCOc1cc(C(=O)N2CC[C@@H](O)[C@@](CC3CC3)(C(=O)O)C2)ccc1OC. The number of terminal acetylenes is 1. The van der Waals surface area contributed by atoms with Crippen molar-refractivity contribution in [3.05, 3.63) is 23.8 Å². The molecule has 0 radical (unpaired) electrons. The Morgan fingerprint density at radius 3 is 2.68 bits per heavy atom. The van der Waals surface area contributed by atoms with Gasteiger partial charge >= 0.3 is 5.97 Å². The van der Waals surface area contributed by atoms with Gasteiger partial charge in [-0.3, -0.25) is 9.59 Å². The number of ether oxygens (including phenoxy) is 2. The van der Waals surface area contributed by atoms with Gasteiger partial charge in [0.15, 0.2) is 11.5 Å². The number of aliphatic hydroxyl groups is 1. The largest absolute Gasteiger partial charge is 0.493 e. The Morgan fingerprint density at radius 1 is 1.32 bits per heavy atom. The predicted octanol–water partition coefficient (Wildman–Crippen LogP) is 1.79. The standard InChI is InChI=1S/C21H25NO6/c1-3-10-28-17-11-15(6-7-16(17)27-2)19(24)22-9-8-18(23)21(13-22,20(25)26)12-14-4-5-14/h1,6-7,11,14,18,23H,4-5,8-10,12-13H2,2H3,(H,25,26)/t18-,21+/m1/s1. The number of nitrogens with zero attached hydrogens (tertiary/aromatic N) is 1. The number of rotatable bonds is 7. The van der Waals surface area contributed by atoms with Crippen molar-refractivity contribution in [2.75, 3.05) is 26.8 Å². The summed E-state index contributed by atoms with van der Waals surface area (Å²) in [6.45, 7) is 0.325. The van der Waals surface area contributed by atoms with Crippen LogP contribution in [0.1, 0.15) is 36.0 Å². The molecule has 0 spiro atoms. The van der Waals surface area contributed by atoms with Gasteiger partial charge < -0.3 is 24.6 Å². The molecular weight excluding hydrogens is 362 g/mol. The monoisotopic (exact) mass is 387 g/mol. The second-order valence-corrected chi connectivity index (χ2v) is 7.50. The zero-order chi connectivity index (χ0) is 20.3. The van der Waals surface area contributed by atoms with Crippen LogP contribution in [0, 0.1) is 23.7 Å². The highest BCUT2D eigenvalue weighted by Gasteiger charge is 2.52. The molecule has 1 aliphatic heterocycles. The number of aliphatic hydroxyl groups excluding tert-OH is 1. The van der Waals surface area contributed by atoms with Gasteiger partial charge in [0, 0.05) is 18.7 Å². The van der Waals surface area contributed by atoms with Crippen LogP contribution in [0.4, 0.5) is 0 Å². The zero-order valence-electron chi connectivity index (χ0n) is 15.9. The van der Waals surface area contributed by atoms with Gasteiger partial charge in [-0.05, 0) is 37.0 Å². The van der Waals surface area contributed by atoms with Gasteiger partial charge in [0.2, 0.25) is 0 Å². The van der Waals surface area contributed by atoms with Gasteiger partial charge in [-0.25, -0.2) is 0 Å². The van der Waals surface area contributed by atoms with Crippen LogP contribution in [0.15, 0.2) is 18.2 Å². The number of carbonyl (C=O) groups excluding carboxylic acids is 1. The maximum atomic E-state index is 13.1. The molecule has 3 rings (SSSR count). The summed E-state index contributed by atoms with van der Waals surface area (Å²) >= 11 is 0. The average Bonchev–Trinajstić information content (AvgIpc) is 3.51. The molecule has 1 aliphatic carbocycles. The van der Waals surface area contributed by atoms with E-state index in [0.717, 1.165) is 12.8 Å². The first kappa shape index (κ1) is 20.0. The maximum Gasteiger partial charge on any atom is 0.314 e. The molecule has 1 saturated heterocycles. The number of aliphatic carboxylic acids is 1. The smallest absolute Gasteiger partial charge is 0.314 e. The predicted molar refractivity (Wildman–Crippen MR) is 101 cm³/mol. The number of likely N-dealkylation sites (tertiary alicyclic amines) is 1. The molecule has 1 amide bonds. The molecular formula is C21H25NO6. The van der Waals surface area contributed by atoms with Crippen LogP contribution in [0.3, 0.4) is 0 Å². The lowest BCUT2D eigenvalue weighted by Crippen LogP contribution is -2.57. The molecule has 0 aromatic heterocycles. The third-order valence-electron chi connectivity index (χ3n) is 5.57. The molecule has 2 fully saturated rings. The van der Waals surface area contributed by atoms with Crippen molar-refractivity contribution in [2.45, 2.75) is 31.8 Å². The van der Waals surface area contributed by atoms with E-state index < -0.39 is 17.5 Å². The lowest BCUT2D eigenvalue weighted by Gasteiger charge is -2.43. The van der Waals surface area contributed by atoms with Gasteiger partial charge in [-0.1, -0.05) is 18.8 Å². The maximum absolute atomic E-state index is 13.1. The minimum absolute atomic E-state index is 0.00852. The third-order valence-corrected chi connectivity index (χ3v) is 5.57. The van der Waals surface area contributed by atoms with Crippen LogP contribution in [0.2, 0.25) is 0 Å². The molecule has 2 aliphatic rings. The molecule has 150 valence electrons. The van der Waals surface area contributed by atoms with Crippen molar-refractivity contribution in [2.24, 2.45) is 11.3 Å². The molecule has 0 bridgehead atoms. The van der Waals surface area contributed by atoms with Gasteiger partial charge in [0.1, 0.15) is 12.0 Å². The average molecular weight is 387 g/mol. The van der Waals surface area contributed by atoms with E-state index in [1.807, 2.05) is 0 Å². The summed E-state index contributed by atoms with van der Waals surface area (Å²) in [7, 11) is 1.49. The highest BCUT2D eigenvalue weighted by Crippen LogP contribution is 2.45. The Bertz CT molecular complexity index is 797. The quantitative estimate of drug-likeness (QED) is 0.693. The highest BCUT2D eigenvalue weighted by atomic mass is 16.5.